The molecule has 2 aromatic carbocycles. The molecule has 3 nitrogen and oxygen atoms in total. The van der Waals surface area contributed by atoms with Gasteiger partial charge < -0.3 is 15.4 Å². The molecule has 21 heavy (non-hydrogen) atoms. The molecule has 5 heteroatoms. The lowest BCUT2D eigenvalue weighted by atomic mass is 10.1. The predicted molar refractivity (Wildman–Crippen MR) is 78.6 cm³/mol. The van der Waals surface area contributed by atoms with E-state index in [9.17, 15) is 8.78 Å². The molecule has 1 aliphatic heterocycles. The average Bonchev–Trinajstić information content (AvgIpc) is 2.84. The summed E-state index contributed by atoms with van der Waals surface area (Å²) in [6, 6.07) is 9.19. The van der Waals surface area contributed by atoms with Crippen molar-refractivity contribution in [1.82, 2.24) is 0 Å². The normalized spacial score (nSPS) is 13.3. The Balaban J connectivity index is 1.61. The van der Waals surface area contributed by atoms with Crippen LogP contribution in [0.4, 0.5) is 20.2 Å². The van der Waals surface area contributed by atoms with E-state index in [1.54, 1.807) is 0 Å². The zero-order chi connectivity index (χ0) is 14.8. The lowest BCUT2D eigenvalue weighted by Crippen LogP contribution is -2.26. The summed E-state index contributed by atoms with van der Waals surface area (Å²) in [7, 11) is 0. The third kappa shape index (κ3) is 2.91. The number of nitrogens with zero attached hydrogens (tertiary/aromatic N) is 1. The van der Waals surface area contributed by atoms with E-state index in [1.165, 1.54) is 17.7 Å². The minimum atomic E-state index is -0.680. The first-order valence-corrected chi connectivity index (χ1v) is 6.85. The highest BCUT2D eigenvalue weighted by molar-refractivity contribution is 5.64. The van der Waals surface area contributed by atoms with Gasteiger partial charge in [-0.05, 0) is 36.2 Å². The van der Waals surface area contributed by atoms with Gasteiger partial charge in [0.2, 0.25) is 0 Å². The minimum absolute atomic E-state index is 0.0726. The Kier molecular flexibility index (Phi) is 3.64. The molecule has 0 fully saturated rings. The molecule has 0 saturated heterocycles. The highest BCUT2D eigenvalue weighted by Crippen LogP contribution is 2.29. The molecule has 1 heterocycles. The third-order valence-corrected chi connectivity index (χ3v) is 3.61. The Morgan fingerprint density at radius 1 is 1.14 bits per heavy atom. The number of hydrogen-bond acceptors (Lipinski definition) is 3. The van der Waals surface area contributed by atoms with Gasteiger partial charge in [0, 0.05) is 24.0 Å². The maximum absolute atomic E-state index is 13.4. The molecule has 0 spiro atoms. The van der Waals surface area contributed by atoms with E-state index in [0.29, 0.717) is 13.2 Å². The summed E-state index contributed by atoms with van der Waals surface area (Å²) in [6.07, 6.45) is 0.973. The van der Waals surface area contributed by atoms with Gasteiger partial charge in [0.1, 0.15) is 12.4 Å². The Hall–Kier alpha value is -2.30. The summed E-state index contributed by atoms with van der Waals surface area (Å²) in [5, 5.41) is 0. The molecule has 110 valence electrons. The molecule has 0 aliphatic carbocycles. The molecule has 0 radical (unpaired) electrons. The lowest BCUT2D eigenvalue weighted by molar-refractivity contribution is 0.307. The van der Waals surface area contributed by atoms with Crippen molar-refractivity contribution < 1.29 is 13.5 Å². The monoisotopic (exact) mass is 290 g/mol. The Morgan fingerprint density at radius 3 is 2.81 bits per heavy atom. The third-order valence-electron chi connectivity index (χ3n) is 3.61. The van der Waals surface area contributed by atoms with Crippen molar-refractivity contribution in [3.63, 3.8) is 0 Å². The van der Waals surface area contributed by atoms with Gasteiger partial charge in [0.05, 0.1) is 6.54 Å². The van der Waals surface area contributed by atoms with Gasteiger partial charge in [-0.3, -0.25) is 0 Å². The molecular formula is C16H16F2N2O. The van der Waals surface area contributed by atoms with Crippen LogP contribution < -0.4 is 15.4 Å². The zero-order valence-corrected chi connectivity index (χ0v) is 11.5. The maximum Gasteiger partial charge on any atom is 0.167 e. The molecule has 2 aromatic rings. The Morgan fingerprint density at radius 2 is 2.00 bits per heavy atom. The summed E-state index contributed by atoms with van der Waals surface area (Å²) < 4.78 is 31.6. The van der Waals surface area contributed by atoms with Crippen molar-refractivity contribution in [2.24, 2.45) is 0 Å². The average molecular weight is 290 g/mol. The SMILES string of the molecule is Nc1ccc2c(c1)N(CCOc1ccc(F)cc1F)CC2. The molecular weight excluding hydrogens is 274 g/mol. The predicted octanol–water partition coefficient (Wildman–Crippen LogP) is 2.99. The number of rotatable bonds is 4. The number of halogens is 2. The highest BCUT2D eigenvalue weighted by atomic mass is 19.1. The molecule has 0 amide bonds. The van der Waals surface area contributed by atoms with E-state index in [2.05, 4.69) is 4.90 Å². The highest BCUT2D eigenvalue weighted by Gasteiger charge is 2.18. The standard InChI is InChI=1S/C16H16F2N2O/c17-12-2-4-16(14(18)9-12)21-8-7-20-6-5-11-1-3-13(19)10-15(11)20/h1-4,9-10H,5-8,19H2. The molecule has 3 rings (SSSR count). The lowest BCUT2D eigenvalue weighted by Gasteiger charge is -2.20. The quantitative estimate of drug-likeness (QED) is 0.880. The second-order valence-electron chi connectivity index (χ2n) is 5.05. The van der Waals surface area contributed by atoms with Crippen molar-refractivity contribution in [2.75, 3.05) is 30.3 Å². The smallest absolute Gasteiger partial charge is 0.167 e. The minimum Gasteiger partial charge on any atom is -0.489 e. The number of nitrogens with two attached hydrogens (primary N) is 1. The van der Waals surface area contributed by atoms with Crippen LogP contribution in [-0.2, 0) is 6.42 Å². The van der Waals surface area contributed by atoms with E-state index >= 15 is 0 Å². The fourth-order valence-electron chi connectivity index (χ4n) is 2.55. The zero-order valence-electron chi connectivity index (χ0n) is 11.5. The van der Waals surface area contributed by atoms with Crippen LogP contribution in [0, 0.1) is 11.6 Å². The number of ether oxygens (including phenoxy) is 1. The van der Waals surface area contributed by atoms with Crippen LogP contribution in [0.15, 0.2) is 36.4 Å². The number of nitrogen functional groups attached to an aromatic ring is 1. The summed E-state index contributed by atoms with van der Waals surface area (Å²) in [4.78, 5) is 2.16. The van der Waals surface area contributed by atoms with Crippen LogP contribution in [0.5, 0.6) is 5.75 Å². The molecule has 2 N–H and O–H groups in total. The summed E-state index contributed by atoms with van der Waals surface area (Å²) in [5.41, 5.74) is 8.90. The van der Waals surface area contributed by atoms with Crippen molar-refractivity contribution in [3.05, 3.63) is 53.6 Å². The molecule has 1 aliphatic rings. The van der Waals surface area contributed by atoms with Crippen molar-refractivity contribution in [2.45, 2.75) is 6.42 Å². The fourth-order valence-corrected chi connectivity index (χ4v) is 2.55. The fraction of sp³-hybridized carbons (Fsp3) is 0.250. The van der Waals surface area contributed by atoms with Gasteiger partial charge in [0.25, 0.3) is 0 Å². The Labute approximate surface area is 121 Å². The largest absolute Gasteiger partial charge is 0.489 e. The molecule has 0 aromatic heterocycles. The maximum atomic E-state index is 13.4. The molecule has 0 saturated carbocycles. The summed E-state index contributed by atoms with van der Waals surface area (Å²) >= 11 is 0. The van der Waals surface area contributed by atoms with Crippen LogP contribution in [0.1, 0.15) is 5.56 Å². The topological polar surface area (TPSA) is 38.5 Å². The molecule has 0 bridgehead atoms. The van der Waals surface area contributed by atoms with Crippen LogP contribution in [0.2, 0.25) is 0 Å². The van der Waals surface area contributed by atoms with E-state index < -0.39 is 11.6 Å². The number of fused-ring (bicyclic) bond motifs is 1. The molecule has 0 atom stereocenters. The van der Waals surface area contributed by atoms with Crippen LogP contribution >= 0.6 is 0 Å². The number of benzene rings is 2. The van der Waals surface area contributed by atoms with Crippen molar-refractivity contribution in [1.29, 1.82) is 0 Å². The summed E-state index contributed by atoms with van der Waals surface area (Å²) in [6.45, 7) is 1.86. The van der Waals surface area contributed by atoms with E-state index in [-0.39, 0.29) is 5.75 Å². The van der Waals surface area contributed by atoms with E-state index in [0.717, 1.165) is 30.4 Å². The first-order valence-electron chi connectivity index (χ1n) is 6.85. The second kappa shape index (κ2) is 5.60. The van der Waals surface area contributed by atoms with Crippen molar-refractivity contribution in [3.8, 4) is 5.75 Å². The Bertz CT molecular complexity index is 661. The second-order valence-corrected chi connectivity index (χ2v) is 5.05. The van der Waals surface area contributed by atoms with E-state index in [1.807, 2.05) is 18.2 Å². The number of hydrogen-bond donors (Lipinski definition) is 1. The van der Waals surface area contributed by atoms with Crippen LogP contribution in [-0.4, -0.2) is 19.7 Å². The van der Waals surface area contributed by atoms with Crippen LogP contribution in [0.3, 0.4) is 0 Å². The molecule has 0 unspecified atom stereocenters. The van der Waals surface area contributed by atoms with Gasteiger partial charge in [-0.15, -0.1) is 0 Å². The van der Waals surface area contributed by atoms with Gasteiger partial charge in [0.15, 0.2) is 11.6 Å². The number of anilines is 2. The first kappa shape index (κ1) is 13.7. The van der Waals surface area contributed by atoms with Crippen LogP contribution in [0.25, 0.3) is 0 Å². The van der Waals surface area contributed by atoms with Gasteiger partial charge in [-0.1, -0.05) is 6.07 Å². The van der Waals surface area contributed by atoms with Gasteiger partial charge >= 0.3 is 0 Å². The van der Waals surface area contributed by atoms with Crippen molar-refractivity contribution >= 4 is 11.4 Å². The van der Waals surface area contributed by atoms with E-state index in [4.69, 9.17) is 10.5 Å². The van der Waals surface area contributed by atoms with Gasteiger partial charge in [-0.2, -0.15) is 0 Å². The first-order chi connectivity index (χ1) is 10.1. The van der Waals surface area contributed by atoms with Gasteiger partial charge in [-0.25, -0.2) is 8.78 Å². The summed E-state index contributed by atoms with van der Waals surface area (Å²) in [5.74, 6) is -1.21.